The third kappa shape index (κ3) is 5.22. The van der Waals surface area contributed by atoms with Crippen LogP contribution in [0.5, 0.6) is 5.75 Å². The van der Waals surface area contributed by atoms with E-state index in [9.17, 15) is 9.59 Å². The highest BCUT2D eigenvalue weighted by atomic mass is 16.5. The number of ketones is 1. The zero-order chi connectivity index (χ0) is 19.9. The molecule has 4 nitrogen and oxygen atoms in total. The van der Waals surface area contributed by atoms with Crippen molar-refractivity contribution < 1.29 is 14.3 Å². The number of rotatable bonds is 7. The van der Waals surface area contributed by atoms with Gasteiger partial charge in [0.1, 0.15) is 5.75 Å². The summed E-state index contributed by atoms with van der Waals surface area (Å²) >= 11 is 0. The molecular formula is C24H29NO3. The van der Waals surface area contributed by atoms with Crippen LogP contribution < -0.4 is 4.74 Å². The Kier molecular flexibility index (Phi) is 6.85. The van der Waals surface area contributed by atoms with Crippen LogP contribution in [0.4, 0.5) is 0 Å². The molecular weight excluding hydrogens is 350 g/mol. The number of nitrogens with zero attached hydrogens (tertiary/aromatic N) is 1. The van der Waals surface area contributed by atoms with Crippen LogP contribution in [0.15, 0.2) is 48.5 Å². The van der Waals surface area contributed by atoms with Gasteiger partial charge in [-0.3, -0.25) is 9.59 Å². The third-order valence-electron chi connectivity index (χ3n) is 5.68. The van der Waals surface area contributed by atoms with Gasteiger partial charge in [-0.2, -0.15) is 0 Å². The summed E-state index contributed by atoms with van der Waals surface area (Å²) in [6.45, 7) is 3.16. The molecule has 0 spiro atoms. The van der Waals surface area contributed by atoms with Gasteiger partial charge < -0.3 is 9.64 Å². The fraction of sp³-hybridized carbons (Fsp3) is 0.417. The average Bonchev–Trinajstić information content (AvgIpc) is 2.73. The van der Waals surface area contributed by atoms with Crippen molar-refractivity contribution in [1.82, 2.24) is 4.90 Å². The molecule has 0 radical (unpaired) electrons. The smallest absolute Gasteiger partial charge is 0.227 e. The first-order valence-corrected chi connectivity index (χ1v) is 10.1. The quantitative estimate of drug-likeness (QED) is 0.674. The highest BCUT2D eigenvalue weighted by Crippen LogP contribution is 2.25. The number of methoxy groups -OCH3 is 1. The summed E-state index contributed by atoms with van der Waals surface area (Å²) in [7, 11) is 1.59. The number of Topliss-reactive ketones (excluding diaryl/α,β-unsaturated/α-hetero) is 1. The van der Waals surface area contributed by atoms with Crippen LogP contribution in [-0.4, -0.2) is 36.8 Å². The van der Waals surface area contributed by atoms with Crippen molar-refractivity contribution in [3.63, 3.8) is 0 Å². The van der Waals surface area contributed by atoms with Crippen LogP contribution in [0.1, 0.15) is 47.7 Å². The summed E-state index contributed by atoms with van der Waals surface area (Å²) in [5.41, 5.74) is 2.79. The number of benzene rings is 2. The summed E-state index contributed by atoms with van der Waals surface area (Å²) in [4.78, 5) is 26.4. The Hall–Kier alpha value is -2.62. The summed E-state index contributed by atoms with van der Waals surface area (Å²) in [6.07, 6.45) is 4.68. The van der Waals surface area contributed by atoms with Crippen LogP contribution in [0.25, 0.3) is 0 Å². The zero-order valence-corrected chi connectivity index (χ0v) is 16.8. The van der Waals surface area contributed by atoms with E-state index in [0.717, 1.165) is 37.9 Å². The van der Waals surface area contributed by atoms with Gasteiger partial charge in [0.15, 0.2) is 5.78 Å². The second-order valence-corrected chi connectivity index (χ2v) is 7.61. The standard InChI is InChI=1S/C24H29NO3/c1-18(26)21-10-11-23(28-2)22(16-21)17-24(27)25-14-12-20(13-15-25)9-8-19-6-4-3-5-7-19/h3-7,10-11,16,20H,8-9,12-15,17H2,1-2H3. The Bertz CT molecular complexity index is 808. The van der Waals surface area contributed by atoms with E-state index in [1.165, 1.54) is 18.9 Å². The van der Waals surface area contributed by atoms with Crippen molar-refractivity contribution in [3.8, 4) is 5.75 Å². The second kappa shape index (κ2) is 9.54. The zero-order valence-electron chi connectivity index (χ0n) is 16.8. The van der Waals surface area contributed by atoms with Gasteiger partial charge in [-0.25, -0.2) is 0 Å². The van der Waals surface area contributed by atoms with Gasteiger partial charge in [-0.1, -0.05) is 30.3 Å². The van der Waals surface area contributed by atoms with E-state index in [-0.39, 0.29) is 18.1 Å². The predicted octanol–water partition coefficient (Wildman–Crippen LogP) is 4.31. The second-order valence-electron chi connectivity index (χ2n) is 7.61. The average molecular weight is 380 g/mol. The largest absolute Gasteiger partial charge is 0.496 e. The summed E-state index contributed by atoms with van der Waals surface area (Å²) < 4.78 is 5.38. The maximum Gasteiger partial charge on any atom is 0.227 e. The highest BCUT2D eigenvalue weighted by Gasteiger charge is 2.23. The van der Waals surface area contributed by atoms with Gasteiger partial charge in [0, 0.05) is 24.2 Å². The third-order valence-corrected chi connectivity index (χ3v) is 5.68. The Balaban J connectivity index is 1.52. The summed E-state index contributed by atoms with van der Waals surface area (Å²) in [5, 5.41) is 0. The Morgan fingerprint density at radius 2 is 1.79 bits per heavy atom. The number of ether oxygens (including phenoxy) is 1. The van der Waals surface area contributed by atoms with Gasteiger partial charge in [-0.05, 0) is 62.3 Å². The first-order valence-electron chi connectivity index (χ1n) is 10.1. The molecule has 1 aliphatic rings. The predicted molar refractivity (Wildman–Crippen MR) is 111 cm³/mol. The van der Waals surface area contributed by atoms with E-state index in [4.69, 9.17) is 4.74 Å². The molecule has 0 atom stereocenters. The van der Waals surface area contributed by atoms with Gasteiger partial charge in [-0.15, -0.1) is 0 Å². The van der Waals surface area contributed by atoms with Crippen molar-refractivity contribution in [2.45, 2.75) is 39.0 Å². The van der Waals surface area contributed by atoms with Gasteiger partial charge in [0.2, 0.25) is 5.91 Å². The van der Waals surface area contributed by atoms with Gasteiger partial charge >= 0.3 is 0 Å². The van der Waals surface area contributed by atoms with Crippen molar-refractivity contribution in [2.75, 3.05) is 20.2 Å². The van der Waals surface area contributed by atoms with Crippen molar-refractivity contribution in [2.24, 2.45) is 5.92 Å². The van der Waals surface area contributed by atoms with Gasteiger partial charge in [0.25, 0.3) is 0 Å². The Morgan fingerprint density at radius 3 is 2.43 bits per heavy atom. The molecule has 0 saturated carbocycles. The molecule has 1 heterocycles. The lowest BCUT2D eigenvalue weighted by Gasteiger charge is -2.32. The molecule has 148 valence electrons. The van der Waals surface area contributed by atoms with Crippen molar-refractivity contribution in [3.05, 3.63) is 65.2 Å². The fourth-order valence-electron chi connectivity index (χ4n) is 3.90. The topological polar surface area (TPSA) is 46.6 Å². The van der Waals surface area contributed by atoms with Crippen LogP contribution in [0.3, 0.4) is 0 Å². The lowest BCUT2D eigenvalue weighted by atomic mass is 9.90. The Labute approximate surface area is 167 Å². The van der Waals surface area contributed by atoms with Crippen LogP contribution in [0.2, 0.25) is 0 Å². The molecule has 0 aliphatic carbocycles. The number of amides is 1. The van der Waals surface area contributed by atoms with E-state index in [0.29, 0.717) is 17.2 Å². The molecule has 2 aromatic rings. The van der Waals surface area contributed by atoms with Gasteiger partial charge in [0.05, 0.1) is 13.5 Å². The maximum absolute atomic E-state index is 12.8. The minimum Gasteiger partial charge on any atom is -0.496 e. The number of likely N-dealkylation sites (tertiary alicyclic amines) is 1. The molecule has 1 aliphatic heterocycles. The fourth-order valence-corrected chi connectivity index (χ4v) is 3.90. The summed E-state index contributed by atoms with van der Waals surface area (Å²) in [6, 6.07) is 15.9. The normalized spacial score (nSPS) is 14.7. The van der Waals surface area contributed by atoms with Crippen LogP contribution in [0, 0.1) is 5.92 Å². The molecule has 1 saturated heterocycles. The molecule has 0 aromatic heterocycles. The Morgan fingerprint density at radius 1 is 1.07 bits per heavy atom. The van der Waals surface area contributed by atoms with E-state index in [1.807, 2.05) is 4.90 Å². The highest BCUT2D eigenvalue weighted by molar-refractivity contribution is 5.94. The van der Waals surface area contributed by atoms with Crippen molar-refractivity contribution >= 4 is 11.7 Å². The number of hydrogen-bond donors (Lipinski definition) is 0. The molecule has 0 bridgehead atoms. The van der Waals surface area contributed by atoms with Crippen molar-refractivity contribution in [1.29, 1.82) is 0 Å². The lowest BCUT2D eigenvalue weighted by Crippen LogP contribution is -2.39. The number of piperidine rings is 1. The molecule has 1 fully saturated rings. The molecule has 4 heteroatoms. The minimum atomic E-state index is -0.00409. The lowest BCUT2D eigenvalue weighted by molar-refractivity contribution is -0.131. The molecule has 28 heavy (non-hydrogen) atoms. The minimum absolute atomic E-state index is 0.00409. The summed E-state index contributed by atoms with van der Waals surface area (Å²) in [5.74, 6) is 1.45. The number of hydrogen-bond acceptors (Lipinski definition) is 3. The molecule has 2 aromatic carbocycles. The maximum atomic E-state index is 12.8. The molecule has 0 N–H and O–H groups in total. The van der Waals surface area contributed by atoms with Crippen LogP contribution >= 0.6 is 0 Å². The van der Waals surface area contributed by atoms with E-state index in [1.54, 1.807) is 25.3 Å². The molecule has 3 rings (SSSR count). The number of aryl methyl sites for hydroxylation is 1. The van der Waals surface area contributed by atoms with E-state index >= 15 is 0 Å². The first kappa shape index (κ1) is 20.1. The number of carbonyl (C=O) groups is 2. The molecule has 0 unspecified atom stereocenters. The monoisotopic (exact) mass is 379 g/mol. The number of carbonyl (C=O) groups excluding carboxylic acids is 2. The van der Waals surface area contributed by atoms with E-state index in [2.05, 4.69) is 30.3 Å². The van der Waals surface area contributed by atoms with E-state index < -0.39 is 0 Å². The van der Waals surface area contributed by atoms with Crippen LogP contribution in [-0.2, 0) is 17.6 Å². The first-order chi connectivity index (χ1) is 13.6. The SMILES string of the molecule is COc1ccc(C(C)=O)cc1CC(=O)N1CCC(CCc2ccccc2)CC1. The molecule has 1 amide bonds.